The average molecular weight is 414 g/mol. The lowest BCUT2D eigenvalue weighted by atomic mass is 10.1. The summed E-state index contributed by atoms with van der Waals surface area (Å²) >= 11 is 0. The van der Waals surface area contributed by atoms with E-state index in [1.807, 2.05) is 19.1 Å². The smallest absolute Gasteiger partial charge is 0.289 e. The Kier molecular flexibility index (Phi) is 5.01. The number of amides is 1. The highest BCUT2D eigenvalue weighted by molar-refractivity contribution is 7.89. The standard InChI is InChI=1S/C20H22N4O4S/c1-14-5-6-16(17-12-15(2)21-22-17)13-19(14)29(26,27)24-9-7-23(8-10-24)20(25)18-4-3-11-28-18/h3-6,11-13H,7-10H2,1-2H3,(H,21,22). The van der Waals surface area contributed by atoms with Crippen molar-refractivity contribution in [1.82, 2.24) is 19.4 Å². The predicted molar refractivity (Wildman–Crippen MR) is 107 cm³/mol. The van der Waals surface area contributed by atoms with Gasteiger partial charge in [-0.3, -0.25) is 9.89 Å². The fraction of sp³-hybridized carbons (Fsp3) is 0.300. The average Bonchev–Trinajstić information content (AvgIpc) is 3.40. The van der Waals surface area contributed by atoms with E-state index >= 15 is 0 Å². The van der Waals surface area contributed by atoms with E-state index in [0.717, 1.165) is 11.3 Å². The second kappa shape index (κ2) is 7.49. The van der Waals surface area contributed by atoms with Crippen molar-refractivity contribution < 1.29 is 17.6 Å². The van der Waals surface area contributed by atoms with E-state index in [2.05, 4.69) is 10.2 Å². The zero-order valence-electron chi connectivity index (χ0n) is 16.3. The van der Waals surface area contributed by atoms with Crippen molar-refractivity contribution in [3.05, 3.63) is 59.7 Å². The van der Waals surface area contributed by atoms with Crippen LogP contribution in [0.25, 0.3) is 11.3 Å². The van der Waals surface area contributed by atoms with Gasteiger partial charge >= 0.3 is 0 Å². The molecular weight excluding hydrogens is 392 g/mol. The molecule has 2 aromatic heterocycles. The van der Waals surface area contributed by atoms with Crippen molar-refractivity contribution in [2.75, 3.05) is 26.2 Å². The molecule has 0 bridgehead atoms. The van der Waals surface area contributed by atoms with Crippen molar-refractivity contribution in [3.63, 3.8) is 0 Å². The van der Waals surface area contributed by atoms with Gasteiger partial charge in [-0.25, -0.2) is 8.42 Å². The van der Waals surface area contributed by atoms with Gasteiger partial charge in [0.1, 0.15) is 0 Å². The quantitative estimate of drug-likeness (QED) is 0.707. The minimum atomic E-state index is -3.69. The number of nitrogens with one attached hydrogen (secondary N) is 1. The maximum absolute atomic E-state index is 13.3. The Labute approximate surface area is 169 Å². The number of piperazine rings is 1. The largest absolute Gasteiger partial charge is 0.459 e. The van der Waals surface area contributed by atoms with Crippen LogP contribution in [0.3, 0.4) is 0 Å². The van der Waals surface area contributed by atoms with E-state index in [9.17, 15) is 13.2 Å². The number of aromatic amines is 1. The number of nitrogens with zero attached hydrogens (tertiary/aromatic N) is 3. The molecule has 1 aromatic carbocycles. The highest BCUT2D eigenvalue weighted by Crippen LogP contribution is 2.27. The number of hydrogen-bond donors (Lipinski definition) is 1. The molecule has 1 aliphatic rings. The van der Waals surface area contributed by atoms with Gasteiger partial charge in [0.25, 0.3) is 5.91 Å². The third-order valence-corrected chi connectivity index (χ3v) is 7.11. The Hall–Kier alpha value is -2.91. The first-order valence-corrected chi connectivity index (χ1v) is 10.8. The number of carbonyl (C=O) groups excluding carboxylic acids is 1. The Morgan fingerprint density at radius 1 is 1.10 bits per heavy atom. The van der Waals surface area contributed by atoms with Gasteiger partial charge in [-0.2, -0.15) is 9.40 Å². The van der Waals surface area contributed by atoms with Crippen molar-refractivity contribution in [2.45, 2.75) is 18.7 Å². The van der Waals surface area contributed by atoms with Crippen LogP contribution in [0.4, 0.5) is 0 Å². The molecule has 1 saturated heterocycles. The molecule has 0 unspecified atom stereocenters. The number of sulfonamides is 1. The number of aryl methyl sites for hydroxylation is 2. The topological polar surface area (TPSA) is 99.5 Å². The van der Waals surface area contributed by atoms with Crippen LogP contribution >= 0.6 is 0 Å². The van der Waals surface area contributed by atoms with Gasteiger partial charge in [0.05, 0.1) is 16.9 Å². The van der Waals surface area contributed by atoms with E-state index in [1.54, 1.807) is 36.1 Å². The van der Waals surface area contributed by atoms with E-state index in [1.165, 1.54) is 10.6 Å². The fourth-order valence-corrected chi connectivity index (χ4v) is 5.10. The third kappa shape index (κ3) is 3.70. The number of furan rings is 1. The van der Waals surface area contributed by atoms with Crippen LogP contribution in [-0.4, -0.2) is 59.9 Å². The molecule has 0 saturated carbocycles. The van der Waals surface area contributed by atoms with E-state index < -0.39 is 10.0 Å². The Morgan fingerprint density at radius 3 is 2.48 bits per heavy atom. The summed E-state index contributed by atoms with van der Waals surface area (Å²) in [6.45, 7) is 4.78. The second-order valence-electron chi connectivity index (χ2n) is 7.09. The van der Waals surface area contributed by atoms with Crippen LogP contribution < -0.4 is 0 Å². The lowest BCUT2D eigenvalue weighted by molar-refractivity contribution is 0.0666. The highest BCUT2D eigenvalue weighted by atomic mass is 32.2. The van der Waals surface area contributed by atoms with Gasteiger partial charge in [-0.1, -0.05) is 12.1 Å². The van der Waals surface area contributed by atoms with Crippen molar-refractivity contribution in [2.24, 2.45) is 0 Å². The monoisotopic (exact) mass is 414 g/mol. The molecule has 1 fully saturated rings. The maximum atomic E-state index is 13.3. The molecule has 0 spiro atoms. The summed E-state index contributed by atoms with van der Waals surface area (Å²) in [6.07, 6.45) is 1.45. The van der Waals surface area contributed by atoms with Crippen LogP contribution in [0.15, 0.2) is 52.0 Å². The zero-order chi connectivity index (χ0) is 20.6. The van der Waals surface area contributed by atoms with E-state index in [4.69, 9.17) is 4.42 Å². The highest BCUT2D eigenvalue weighted by Gasteiger charge is 2.32. The van der Waals surface area contributed by atoms with Crippen LogP contribution in [0.5, 0.6) is 0 Å². The zero-order valence-corrected chi connectivity index (χ0v) is 17.1. The molecule has 3 aromatic rings. The van der Waals surface area contributed by atoms with Crippen molar-refractivity contribution in [3.8, 4) is 11.3 Å². The molecule has 1 amide bonds. The van der Waals surface area contributed by atoms with Crippen LogP contribution in [-0.2, 0) is 10.0 Å². The molecule has 152 valence electrons. The SMILES string of the molecule is Cc1cc(-c2ccc(C)c(S(=O)(=O)N3CCN(C(=O)c4ccco4)CC3)c2)n[nH]1. The lowest BCUT2D eigenvalue weighted by Gasteiger charge is -2.33. The van der Waals surface area contributed by atoms with Crippen LogP contribution in [0, 0.1) is 13.8 Å². The number of benzene rings is 1. The lowest BCUT2D eigenvalue weighted by Crippen LogP contribution is -2.50. The molecular formula is C20H22N4O4S. The first-order chi connectivity index (χ1) is 13.9. The number of carbonyl (C=O) groups is 1. The van der Waals surface area contributed by atoms with Crippen LogP contribution in [0.1, 0.15) is 21.8 Å². The number of rotatable bonds is 4. The van der Waals surface area contributed by atoms with E-state index in [-0.39, 0.29) is 29.7 Å². The van der Waals surface area contributed by atoms with Gasteiger partial charge in [0.15, 0.2) is 5.76 Å². The fourth-order valence-electron chi connectivity index (χ4n) is 3.43. The Bertz CT molecular complexity index is 1130. The summed E-state index contributed by atoms with van der Waals surface area (Å²) < 4.78 is 33.1. The maximum Gasteiger partial charge on any atom is 0.289 e. The summed E-state index contributed by atoms with van der Waals surface area (Å²) in [5.41, 5.74) is 3.02. The summed E-state index contributed by atoms with van der Waals surface area (Å²) in [5.74, 6) is 0.0401. The Morgan fingerprint density at radius 2 is 1.86 bits per heavy atom. The van der Waals surface area contributed by atoms with Crippen molar-refractivity contribution in [1.29, 1.82) is 0 Å². The molecule has 1 aliphatic heterocycles. The minimum absolute atomic E-state index is 0.223. The normalized spacial score (nSPS) is 15.6. The number of hydrogen-bond acceptors (Lipinski definition) is 5. The molecule has 4 rings (SSSR count). The molecule has 0 atom stereocenters. The molecule has 0 aliphatic carbocycles. The molecule has 3 heterocycles. The summed E-state index contributed by atoms with van der Waals surface area (Å²) in [7, 11) is -3.69. The summed E-state index contributed by atoms with van der Waals surface area (Å²) in [5, 5.41) is 7.09. The molecule has 29 heavy (non-hydrogen) atoms. The molecule has 1 N–H and O–H groups in total. The molecule has 8 nitrogen and oxygen atoms in total. The Balaban J connectivity index is 1.54. The minimum Gasteiger partial charge on any atom is -0.459 e. The van der Waals surface area contributed by atoms with Crippen molar-refractivity contribution >= 4 is 15.9 Å². The summed E-state index contributed by atoms with van der Waals surface area (Å²) in [6, 6.07) is 10.5. The van der Waals surface area contributed by atoms with Crippen LogP contribution in [0.2, 0.25) is 0 Å². The van der Waals surface area contributed by atoms with Gasteiger partial charge in [0, 0.05) is 37.4 Å². The number of aromatic nitrogens is 2. The van der Waals surface area contributed by atoms with Gasteiger partial charge in [-0.05, 0) is 43.7 Å². The van der Waals surface area contributed by atoms with Gasteiger partial charge < -0.3 is 9.32 Å². The summed E-state index contributed by atoms with van der Waals surface area (Å²) in [4.78, 5) is 14.3. The van der Waals surface area contributed by atoms with Gasteiger partial charge in [-0.15, -0.1) is 0 Å². The van der Waals surface area contributed by atoms with E-state index in [0.29, 0.717) is 24.3 Å². The second-order valence-corrected chi connectivity index (χ2v) is 9.00. The van der Waals surface area contributed by atoms with Gasteiger partial charge in [0.2, 0.25) is 10.0 Å². The molecule has 9 heteroatoms. The first kappa shape index (κ1) is 19.4. The predicted octanol–water partition coefficient (Wildman–Crippen LogP) is 2.43. The third-order valence-electron chi connectivity index (χ3n) is 5.07. The first-order valence-electron chi connectivity index (χ1n) is 9.32. The molecule has 0 radical (unpaired) electrons. The number of H-pyrrole nitrogens is 1.